The van der Waals surface area contributed by atoms with Crippen molar-refractivity contribution in [3.05, 3.63) is 28.8 Å². The molecule has 3 heterocycles. The van der Waals surface area contributed by atoms with Crippen molar-refractivity contribution >= 4 is 29.2 Å². The molecule has 0 bridgehead atoms. The number of ether oxygens (including phenoxy) is 1. The van der Waals surface area contributed by atoms with Crippen LogP contribution < -0.4 is 10.2 Å². The molecule has 0 spiro atoms. The SMILES string of the molecule is CC(C)C1COC(=O)N1c1ccnc(N[C@@H](C)c2cscn2)n1. The molecule has 3 rings (SSSR count). The zero-order chi connectivity index (χ0) is 16.4. The maximum atomic E-state index is 12.0. The molecule has 0 aliphatic carbocycles. The highest BCUT2D eigenvalue weighted by molar-refractivity contribution is 7.07. The minimum Gasteiger partial charge on any atom is -0.447 e. The van der Waals surface area contributed by atoms with Crippen molar-refractivity contribution in [1.82, 2.24) is 15.0 Å². The van der Waals surface area contributed by atoms with E-state index in [1.165, 1.54) is 0 Å². The van der Waals surface area contributed by atoms with Crippen molar-refractivity contribution in [2.45, 2.75) is 32.9 Å². The number of anilines is 2. The minimum atomic E-state index is -0.360. The molecule has 2 aromatic heterocycles. The van der Waals surface area contributed by atoms with Crippen LogP contribution in [-0.4, -0.2) is 33.7 Å². The van der Waals surface area contributed by atoms with Crippen LogP contribution in [0.15, 0.2) is 23.2 Å². The van der Waals surface area contributed by atoms with Crippen molar-refractivity contribution in [2.24, 2.45) is 5.92 Å². The Morgan fingerprint density at radius 3 is 2.91 bits per heavy atom. The molecule has 0 radical (unpaired) electrons. The molecule has 2 atom stereocenters. The van der Waals surface area contributed by atoms with Gasteiger partial charge in [-0.1, -0.05) is 13.8 Å². The van der Waals surface area contributed by atoms with E-state index in [1.54, 1.807) is 34.0 Å². The van der Waals surface area contributed by atoms with Gasteiger partial charge in [0, 0.05) is 11.6 Å². The number of cyclic esters (lactones) is 1. The molecule has 1 unspecified atom stereocenters. The third-order valence-electron chi connectivity index (χ3n) is 3.80. The Labute approximate surface area is 138 Å². The zero-order valence-corrected chi connectivity index (χ0v) is 14.1. The maximum absolute atomic E-state index is 12.0. The normalized spacial score (nSPS) is 19.0. The highest BCUT2D eigenvalue weighted by atomic mass is 32.1. The number of thiazole rings is 1. The summed E-state index contributed by atoms with van der Waals surface area (Å²) >= 11 is 1.54. The number of aromatic nitrogens is 3. The molecule has 23 heavy (non-hydrogen) atoms. The van der Waals surface area contributed by atoms with Crippen LogP contribution in [0.3, 0.4) is 0 Å². The first kappa shape index (κ1) is 15.7. The summed E-state index contributed by atoms with van der Waals surface area (Å²) in [5, 5.41) is 5.19. The molecule has 7 nitrogen and oxygen atoms in total. The van der Waals surface area contributed by atoms with Gasteiger partial charge in [-0.25, -0.2) is 14.8 Å². The average molecular weight is 333 g/mol. The van der Waals surface area contributed by atoms with Gasteiger partial charge in [0.15, 0.2) is 0 Å². The van der Waals surface area contributed by atoms with E-state index in [1.807, 2.05) is 12.3 Å². The summed E-state index contributed by atoms with van der Waals surface area (Å²) in [5.41, 5.74) is 2.72. The summed E-state index contributed by atoms with van der Waals surface area (Å²) in [7, 11) is 0. The van der Waals surface area contributed by atoms with Crippen LogP contribution in [0.4, 0.5) is 16.6 Å². The number of carbonyl (C=O) groups is 1. The highest BCUT2D eigenvalue weighted by Gasteiger charge is 2.37. The quantitative estimate of drug-likeness (QED) is 0.905. The van der Waals surface area contributed by atoms with E-state index in [0.29, 0.717) is 18.4 Å². The lowest BCUT2D eigenvalue weighted by Crippen LogP contribution is -2.37. The Balaban J connectivity index is 1.81. The van der Waals surface area contributed by atoms with Crippen molar-refractivity contribution in [3.63, 3.8) is 0 Å². The van der Waals surface area contributed by atoms with Crippen molar-refractivity contribution < 1.29 is 9.53 Å². The van der Waals surface area contributed by atoms with Crippen LogP contribution in [0.2, 0.25) is 0 Å². The molecule has 1 fully saturated rings. The van der Waals surface area contributed by atoms with Crippen LogP contribution in [0.25, 0.3) is 0 Å². The second kappa shape index (κ2) is 6.49. The van der Waals surface area contributed by atoms with Crippen molar-refractivity contribution in [1.29, 1.82) is 0 Å². The van der Waals surface area contributed by atoms with Crippen molar-refractivity contribution in [2.75, 3.05) is 16.8 Å². The molecule has 1 N–H and O–H groups in total. The fourth-order valence-corrected chi connectivity index (χ4v) is 3.09. The molecule has 0 aromatic carbocycles. The Morgan fingerprint density at radius 2 is 2.22 bits per heavy atom. The number of carbonyl (C=O) groups excluding carboxylic acids is 1. The number of nitrogens with zero attached hydrogens (tertiary/aromatic N) is 4. The molecule has 1 aliphatic heterocycles. The van der Waals surface area contributed by atoms with Gasteiger partial charge in [0.25, 0.3) is 0 Å². The van der Waals surface area contributed by atoms with Gasteiger partial charge in [0.05, 0.1) is 23.3 Å². The van der Waals surface area contributed by atoms with Gasteiger partial charge < -0.3 is 10.1 Å². The van der Waals surface area contributed by atoms with Gasteiger partial charge in [-0.3, -0.25) is 4.90 Å². The fourth-order valence-electron chi connectivity index (χ4n) is 2.45. The second-order valence-electron chi connectivity index (χ2n) is 5.78. The molecular weight excluding hydrogens is 314 g/mol. The van der Waals surface area contributed by atoms with Crippen LogP contribution in [0.1, 0.15) is 32.5 Å². The summed E-state index contributed by atoms with van der Waals surface area (Å²) < 4.78 is 5.17. The number of amides is 1. The van der Waals surface area contributed by atoms with Gasteiger partial charge in [-0.15, -0.1) is 11.3 Å². The topological polar surface area (TPSA) is 80.2 Å². The number of hydrogen-bond acceptors (Lipinski definition) is 7. The van der Waals surface area contributed by atoms with Gasteiger partial charge in [0.1, 0.15) is 12.4 Å². The summed E-state index contributed by atoms with van der Waals surface area (Å²) in [6.45, 7) is 6.50. The smallest absolute Gasteiger partial charge is 0.415 e. The Hall–Kier alpha value is -2.22. The summed E-state index contributed by atoms with van der Waals surface area (Å²) in [4.78, 5) is 26.6. The molecule has 1 saturated heterocycles. The van der Waals surface area contributed by atoms with Gasteiger partial charge in [-0.2, -0.15) is 4.98 Å². The third kappa shape index (κ3) is 3.26. The zero-order valence-electron chi connectivity index (χ0n) is 13.3. The second-order valence-corrected chi connectivity index (χ2v) is 6.49. The van der Waals surface area contributed by atoms with E-state index >= 15 is 0 Å². The van der Waals surface area contributed by atoms with Crippen molar-refractivity contribution in [3.8, 4) is 0 Å². The van der Waals surface area contributed by atoms with Crippen LogP contribution in [0, 0.1) is 5.92 Å². The van der Waals surface area contributed by atoms with E-state index in [-0.39, 0.29) is 24.1 Å². The molecule has 122 valence electrons. The molecule has 0 saturated carbocycles. The lowest BCUT2D eigenvalue weighted by molar-refractivity contribution is 0.177. The predicted octanol–water partition coefficient (Wildman–Crippen LogP) is 3.09. The van der Waals surface area contributed by atoms with E-state index in [2.05, 4.69) is 34.1 Å². The van der Waals surface area contributed by atoms with E-state index in [4.69, 9.17) is 4.74 Å². The first-order chi connectivity index (χ1) is 11.1. The first-order valence-corrected chi connectivity index (χ1v) is 8.44. The lowest BCUT2D eigenvalue weighted by atomic mass is 10.0. The molecule has 2 aromatic rings. The molecule has 1 aliphatic rings. The Morgan fingerprint density at radius 1 is 1.39 bits per heavy atom. The summed E-state index contributed by atoms with van der Waals surface area (Å²) in [5.74, 6) is 1.29. The molecule has 8 heteroatoms. The van der Waals surface area contributed by atoms with E-state index in [9.17, 15) is 4.79 Å². The van der Waals surface area contributed by atoms with Crippen LogP contribution in [-0.2, 0) is 4.74 Å². The standard InChI is InChI=1S/C15H19N5O2S/c1-9(2)12-6-22-15(21)20(12)13-4-5-16-14(19-13)18-10(3)11-7-23-8-17-11/h4-5,7-10,12H,6H2,1-3H3,(H,16,18,19)/t10-,12?/m0/s1. The minimum absolute atomic E-state index is 0.0112. The average Bonchev–Trinajstić information content (AvgIpc) is 3.16. The monoisotopic (exact) mass is 333 g/mol. The summed E-state index contributed by atoms with van der Waals surface area (Å²) in [6.07, 6.45) is 1.28. The van der Waals surface area contributed by atoms with E-state index in [0.717, 1.165) is 5.69 Å². The highest BCUT2D eigenvalue weighted by Crippen LogP contribution is 2.26. The maximum Gasteiger partial charge on any atom is 0.415 e. The van der Waals surface area contributed by atoms with Crippen LogP contribution in [0.5, 0.6) is 0 Å². The van der Waals surface area contributed by atoms with Gasteiger partial charge >= 0.3 is 6.09 Å². The Kier molecular flexibility index (Phi) is 4.42. The van der Waals surface area contributed by atoms with Gasteiger partial charge in [0.2, 0.25) is 5.95 Å². The molecular formula is C15H19N5O2S. The number of rotatable bonds is 5. The lowest BCUT2D eigenvalue weighted by Gasteiger charge is -2.23. The fraction of sp³-hybridized carbons (Fsp3) is 0.467. The predicted molar refractivity (Wildman–Crippen MR) is 88.6 cm³/mol. The first-order valence-electron chi connectivity index (χ1n) is 7.50. The van der Waals surface area contributed by atoms with E-state index < -0.39 is 0 Å². The number of nitrogens with one attached hydrogen (secondary N) is 1. The van der Waals surface area contributed by atoms with Crippen LogP contribution >= 0.6 is 11.3 Å². The largest absolute Gasteiger partial charge is 0.447 e. The summed E-state index contributed by atoms with van der Waals surface area (Å²) in [6, 6.07) is 1.70. The molecule has 1 amide bonds. The Bertz CT molecular complexity index is 676. The van der Waals surface area contributed by atoms with Gasteiger partial charge in [-0.05, 0) is 18.9 Å². The number of hydrogen-bond donors (Lipinski definition) is 1. The third-order valence-corrected chi connectivity index (χ3v) is 4.41.